The molecule has 0 aliphatic heterocycles. The molecule has 0 aromatic carbocycles. The first-order valence-corrected chi connectivity index (χ1v) is 5.21. The Morgan fingerprint density at radius 1 is 1.44 bits per heavy atom. The van der Waals surface area contributed by atoms with Crippen LogP contribution in [0.3, 0.4) is 0 Å². The molecule has 0 unspecified atom stereocenters. The second kappa shape index (κ2) is 6.79. The zero-order valence-electron chi connectivity index (χ0n) is 9.43. The summed E-state index contributed by atoms with van der Waals surface area (Å²) in [6.07, 6.45) is 2.34. The molecule has 1 aromatic heterocycles. The standard InChI is InChI=1S/C11H15NO4/c1-3-8-15-16-10-9(6-5-7-12-10)11(13)14-4-2/h5-7H,3-4,8H2,1-2H3. The summed E-state index contributed by atoms with van der Waals surface area (Å²) < 4.78 is 4.86. The van der Waals surface area contributed by atoms with E-state index < -0.39 is 5.97 Å². The van der Waals surface area contributed by atoms with Crippen LogP contribution in [0.1, 0.15) is 30.6 Å². The van der Waals surface area contributed by atoms with Crippen molar-refractivity contribution in [1.29, 1.82) is 0 Å². The number of pyridine rings is 1. The SMILES string of the molecule is CCCOOc1ncccc1C(=O)OCC. The maximum atomic E-state index is 11.5. The Balaban J connectivity index is 2.71. The zero-order chi connectivity index (χ0) is 11.8. The van der Waals surface area contributed by atoms with E-state index in [4.69, 9.17) is 14.5 Å². The van der Waals surface area contributed by atoms with Crippen LogP contribution in [0.15, 0.2) is 18.3 Å². The maximum Gasteiger partial charge on any atom is 0.343 e. The fourth-order valence-corrected chi connectivity index (χ4v) is 1.00. The highest BCUT2D eigenvalue weighted by Gasteiger charge is 2.15. The molecule has 0 aliphatic carbocycles. The number of carbonyl (C=O) groups excluding carboxylic acids is 1. The van der Waals surface area contributed by atoms with Gasteiger partial charge in [0.25, 0.3) is 5.88 Å². The molecule has 0 spiro atoms. The molecule has 0 radical (unpaired) electrons. The van der Waals surface area contributed by atoms with Crippen molar-refractivity contribution >= 4 is 5.97 Å². The molecule has 16 heavy (non-hydrogen) atoms. The minimum Gasteiger partial charge on any atom is -0.462 e. The van der Waals surface area contributed by atoms with Gasteiger partial charge in [-0.25, -0.2) is 9.78 Å². The summed E-state index contributed by atoms with van der Waals surface area (Å²) in [5.41, 5.74) is 0.264. The van der Waals surface area contributed by atoms with Gasteiger partial charge < -0.3 is 9.62 Å². The second-order valence-electron chi connectivity index (χ2n) is 2.98. The summed E-state index contributed by atoms with van der Waals surface area (Å²) in [6, 6.07) is 3.22. The van der Waals surface area contributed by atoms with Crippen molar-refractivity contribution < 1.29 is 19.3 Å². The smallest absolute Gasteiger partial charge is 0.343 e. The van der Waals surface area contributed by atoms with Gasteiger partial charge >= 0.3 is 5.97 Å². The summed E-state index contributed by atoms with van der Waals surface area (Å²) in [4.78, 5) is 25.2. The molecule has 5 nitrogen and oxygen atoms in total. The molecule has 1 rings (SSSR count). The molecule has 0 saturated heterocycles. The summed E-state index contributed by atoms with van der Waals surface area (Å²) in [5, 5.41) is 0. The van der Waals surface area contributed by atoms with E-state index in [0.29, 0.717) is 13.2 Å². The van der Waals surface area contributed by atoms with Gasteiger partial charge in [0.2, 0.25) is 0 Å². The first kappa shape index (κ1) is 12.4. The molecular weight excluding hydrogens is 210 g/mol. The minimum absolute atomic E-state index is 0.134. The fraction of sp³-hybridized carbons (Fsp3) is 0.455. The number of esters is 1. The largest absolute Gasteiger partial charge is 0.462 e. The topological polar surface area (TPSA) is 57.7 Å². The van der Waals surface area contributed by atoms with Crippen LogP contribution in [0.25, 0.3) is 0 Å². The number of rotatable bonds is 6. The number of hydrogen-bond donors (Lipinski definition) is 0. The lowest BCUT2D eigenvalue weighted by molar-refractivity contribution is -0.209. The molecule has 0 fully saturated rings. The van der Waals surface area contributed by atoms with Crippen molar-refractivity contribution in [2.75, 3.05) is 13.2 Å². The average Bonchev–Trinajstić information content (AvgIpc) is 2.30. The highest BCUT2D eigenvalue weighted by Crippen LogP contribution is 2.15. The van der Waals surface area contributed by atoms with Crippen LogP contribution in [0.2, 0.25) is 0 Å². The lowest BCUT2D eigenvalue weighted by Gasteiger charge is -2.07. The molecular formula is C11H15NO4. The zero-order valence-corrected chi connectivity index (χ0v) is 9.43. The van der Waals surface area contributed by atoms with Gasteiger partial charge in [0.15, 0.2) is 0 Å². The first-order valence-electron chi connectivity index (χ1n) is 5.21. The third kappa shape index (κ3) is 3.51. The average molecular weight is 225 g/mol. The number of aromatic nitrogens is 1. The normalized spacial score (nSPS) is 9.88. The van der Waals surface area contributed by atoms with E-state index in [-0.39, 0.29) is 11.4 Å². The molecule has 88 valence electrons. The summed E-state index contributed by atoms with van der Waals surface area (Å²) >= 11 is 0. The fourth-order valence-electron chi connectivity index (χ4n) is 1.00. The minimum atomic E-state index is -0.467. The van der Waals surface area contributed by atoms with Crippen LogP contribution >= 0.6 is 0 Å². The lowest BCUT2D eigenvalue weighted by Crippen LogP contribution is -2.09. The van der Waals surface area contributed by atoms with Gasteiger partial charge in [0, 0.05) is 6.20 Å². The maximum absolute atomic E-state index is 11.5. The predicted molar refractivity (Wildman–Crippen MR) is 57.1 cm³/mol. The van der Waals surface area contributed by atoms with Gasteiger partial charge in [-0.2, -0.15) is 4.89 Å². The van der Waals surface area contributed by atoms with Crippen molar-refractivity contribution in [1.82, 2.24) is 4.98 Å². The molecule has 0 saturated carbocycles. The molecule has 5 heteroatoms. The molecule has 0 atom stereocenters. The Bertz CT molecular complexity index is 341. The molecule has 1 heterocycles. The highest BCUT2D eigenvalue weighted by atomic mass is 17.2. The van der Waals surface area contributed by atoms with Gasteiger partial charge in [0.1, 0.15) is 5.56 Å². The predicted octanol–water partition coefficient (Wildman–Crippen LogP) is 1.98. The Labute approximate surface area is 94.3 Å². The number of nitrogens with zero attached hydrogens (tertiary/aromatic N) is 1. The van der Waals surface area contributed by atoms with E-state index in [1.54, 1.807) is 19.1 Å². The summed E-state index contributed by atoms with van der Waals surface area (Å²) in [7, 11) is 0. The van der Waals surface area contributed by atoms with E-state index in [1.807, 2.05) is 6.92 Å². The third-order valence-electron chi connectivity index (χ3n) is 1.69. The quantitative estimate of drug-likeness (QED) is 0.320. The molecule has 1 aromatic rings. The molecule has 0 N–H and O–H groups in total. The van der Waals surface area contributed by atoms with Gasteiger partial charge in [-0.05, 0) is 25.5 Å². The number of ether oxygens (including phenoxy) is 1. The van der Waals surface area contributed by atoms with Gasteiger partial charge in [-0.1, -0.05) is 6.92 Å². The van der Waals surface area contributed by atoms with Gasteiger partial charge in [0.05, 0.1) is 13.2 Å². The Morgan fingerprint density at radius 2 is 2.25 bits per heavy atom. The van der Waals surface area contributed by atoms with E-state index in [9.17, 15) is 4.79 Å². The van der Waals surface area contributed by atoms with Gasteiger partial charge in [-0.3, -0.25) is 0 Å². The Hall–Kier alpha value is -1.62. The molecule has 0 aliphatic rings. The van der Waals surface area contributed by atoms with Crippen molar-refractivity contribution in [3.8, 4) is 5.88 Å². The van der Waals surface area contributed by atoms with E-state index >= 15 is 0 Å². The Morgan fingerprint density at radius 3 is 2.94 bits per heavy atom. The summed E-state index contributed by atoms with van der Waals surface area (Å²) in [5.74, 6) is -0.333. The van der Waals surface area contributed by atoms with Crippen LogP contribution in [0.4, 0.5) is 0 Å². The lowest BCUT2D eigenvalue weighted by atomic mass is 10.3. The van der Waals surface area contributed by atoms with Gasteiger partial charge in [-0.15, -0.1) is 0 Å². The van der Waals surface area contributed by atoms with E-state index in [1.165, 1.54) is 6.20 Å². The van der Waals surface area contributed by atoms with Crippen LogP contribution in [-0.4, -0.2) is 24.2 Å². The first-order chi connectivity index (χ1) is 7.79. The third-order valence-corrected chi connectivity index (χ3v) is 1.69. The van der Waals surface area contributed by atoms with Crippen LogP contribution in [0.5, 0.6) is 5.88 Å². The molecule has 0 bridgehead atoms. The number of carbonyl (C=O) groups is 1. The van der Waals surface area contributed by atoms with Crippen molar-refractivity contribution in [2.45, 2.75) is 20.3 Å². The summed E-state index contributed by atoms with van der Waals surface area (Å²) in [6.45, 7) is 4.44. The van der Waals surface area contributed by atoms with Crippen molar-refractivity contribution in [2.24, 2.45) is 0 Å². The van der Waals surface area contributed by atoms with Crippen LogP contribution in [-0.2, 0) is 9.62 Å². The number of hydrogen-bond acceptors (Lipinski definition) is 5. The van der Waals surface area contributed by atoms with Crippen LogP contribution < -0.4 is 4.89 Å². The highest BCUT2D eigenvalue weighted by molar-refractivity contribution is 5.91. The van der Waals surface area contributed by atoms with E-state index in [0.717, 1.165) is 6.42 Å². The van der Waals surface area contributed by atoms with Crippen molar-refractivity contribution in [3.05, 3.63) is 23.9 Å². The van der Waals surface area contributed by atoms with Crippen molar-refractivity contribution in [3.63, 3.8) is 0 Å². The van der Waals surface area contributed by atoms with E-state index in [2.05, 4.69) is 4.98 Å². The monoisotopic (exact) mass is 225 g/mol. The van der Waals surface area contributed by atoms with Crippen LogP contribution in [0, 0.1) is 0 Å². The Kier molecular flexibility index (Phi) is 5.28. The second-order valence-corrected chi connectivity index (χ2v) is 2.98. The molecule has 0 amide bonds.